The molecule has 1 aliphatic heterocycles. The van der Waals surface area contributed by atoms with Crippen molar-refractivity contribution >= 4 is 39.2 Å². The third kappa shape index (κ3) is 5.56. The van der Waals surface area contributed by atoms with Crippen molar-refractivity contribution in [2.24, 2.45) is 0 Å². The van der Waals surface area contributed by atoms with Crippen molar-refractivity contribution in [3.8, 4) is 0 Å². The minimum atomic E-state index is -3.63. The highest BCUT2D eigenvalue weighted by atomic mass is 35.5. The molecule has 0 spiro atoms. The van der Waals surface area contributed by atoms with Crippen LogP contribution < -0.4 is 0 Å². The van der Waals surface area contributed by atoms with Gasteiger partial charge in [0.25, 0.3) is 0 Å². The number of halogens is 2. The first-order valence-electron chi connectivity index (χ1n) is 7.88. The Balaban J connectivity index is 1.97. The minimum Gasteiger partial charge on any atom is -0.459 e. The second-order valence-corrected chi connectivity index (χ2v) is 9.59. The van der Waals surface area contributed by atoms with Gasteiger partial charge in [0.2, 0.25) is 10.0 Å². The number of carbonyl (C=O) groups is 1. The molecule has 140 valence electrons. The molecule has 0 aromatic heterocycles. The first-order chi connectivity index (χ1) is 11.5. The number of benzene rings is 1. The molecule has 6 nitrogen and oxygen atoms in total. The van der Waals surface area contributed by atoms with Crippen LogP contribution in [0, 0.1) is 0 Å². The molecule has 1 aromatic carbocycles. The molecule has 1 aliphatic rings. The molecule has 1 heterocycles. The van der Waals surface area contributed by atoms with E-state index >= 15 is 0 Å². The quantitative estimate of drug-likeness (QED) is 0.716. The fraction of sp³-hybridized carbons (Fsp3) is 0.562. The summed E-state index contributed by atoms with van der Waals surface area (Å²) in [5.74, 6) is -0.312. The van der Waals surface area contributed by atoms with Crippen molar-refractivity contribution < 1.29 is 17.9 Å². The van der Waals surface area contributed by atoms with E-state index in [2.05, 4.69) is 0 Å². The average Bonchev–Trinajstić information content (AvgIpc) is 2.48. The number of sulfonamides is 1. The van der Waals surface area contributed by atoms with E-state index in [1.807, 2.05) is 25.7 Å². The van der Waals surface area contributed by atoms with Crippen LogP contribution >= 0.6 is 23.2 Å². The predicted octanol–water partition coefficient (Wildman–Crippen LogP) is 2.64. The highest BCUT2D eigenvalue weighted by Crippen LogP contribution is 2.27. The van der Waals surface area contributed by atoms with Gasteiger partial charge in [0.15, 0.2) is 0 Å². The van der Waals surface area contributed by atoms with Crippen molar-refractivity contribution in [3.63, 3.8) is 0 Å². The normalized spacial score (nSPS) is 17.5. The molecule has 0 N–H and O–H groups in total. The van der Waals surface area contributed by atoms with Crippen LogP contribution in [0.1, 0.15) is 20.8 Å². The van der Waals surface area contributed by atoms with E-state index in [-0.39, 0.29) is 22.4 Å². The lowest BCUT2D eigenvalue weighted by Crippen LogP contribution is -2.50. The van der Waals surface area contributed by atoms with Crippen LogP contribution in [0.3, 0.4) is 0 Å². The van der Waals surface area contributed by atoms with Gasteiger partial charge in [0.1, 0.15) is 5.60 Å². The summed E-state index contributed by atoms with van der Waals surface area (Å²) in [6, 6.07) is 4.26. The summed E-state index contributed by atoms with van der Waals surface area (Å²) in [6.45, 7) is 7.10. The van der Waals surface area contributed by atoms with E-state index in [9.17, 15) is 13.2 Å². The van der Waals surface area contributed by atoms with E-state index in [1.54, 1.807) is 0 Å². The lowest BCUT2D eigenvalue weighted by atomic mass is 10.2. The fourth-order valence-electron chi connectivity index (χ4n) is 2.47. The van der Waals surface area contributed by atoms with Gasteiger partial charge in [-0.3, -0.25) is 9.69 Å². The first-order valence-corrected chi connectivity index (χ1v) is 10.1. The standard InChI is InChI=1S/C16H22Cl2N2O4S/c1-16(2,3)24-15(21)11-19-6-8-20(9-7-19)25(22,23)12-4-5-13(17)14(18)10-12/h4-5,10H,6-9,11H2,1-3H3. The van der Waals surface area contributed by atoms with E-state index in [0.717, 1.165) is 0 Å². The highest BCUT2D eigenvalue weighted by Gasteiger charge is 2.30. The molecule has 1 saturated heterocycles. The van der Waals surface area contributed by atoms with Gasteiger partial charge >= 0.3 is 5.97 Å². The maximum Gasteiger partial charge on any atom is 0.320 e. The van der Waals surface area contributed by atoms with Gasteiger partial charge < -0.3 is 4.74 Å². The number of carbonyl (C=O) groups excluding carboxylic acids is 1. The Morgan fingerprint density at radius 1 is 1.12 bits per heavy atom. The van der Waals surface area contributed by atoms with Gasteiger partial charge in [-0.2, -0.15) is 4.31 Å². The summed E-state index contributed by atoms with van der Waals surface area (Å²) < 4.78 is 32.0. The number of piperazine rings is 1. The molecule has 0 unspecified atom stereocenters. The molecule has 1 fully saturated rings. The van der Waals surface area contributed by atoms with Crippen molar-refractivity contribution in [2.75, 3.05) is 32.7 Å². The van der Waals surface area contributed by atoms with Crippen LogP contribution in [0.2, 0.25) is 10.0 Å². The molecule has 0 aliphatic carbocycles. The zero-order valence-electron chi connectivity index (χ0n) is 14.5. The molecule has 0 atom stereocenters. The molecular formula is C16H22Cl2N2O4S. The third-order valence-corrected chi connectivity index (χ3v) is 6.27. The highest BCUT2D eigenvalue weighted by molar-refractivity contribution is 7.89. The van der Waals surface area contributed by atoms with Crippen LogP contribution in [0.25, 0.3) is 0 Å². The zero-order valence-corrected chi connectivity index (χ0v) is 16.8. The van der Waals surface area contributed by atoms with Gasteiger partial charge in [0, 0.05) is 26.2 Å². The Kier molecular flexibility index (Phi) is 6.38. The van der Waals surface area contributed by atoms with Crippen molar-refractivity contribution in [2.45, 2.75) is 31.3 Å². The van der Waals surface area contributed by atoms with Gasteiger partial charge in [-0.25, -0.2) is 8.42 Å². The number of hydrogen-bond acceptors (Lipinski definition) is 5. The largest absolute Gasteiger partial charge is 0.459 e. The van der Waals surface area contributed by atoms with Gasteiger partial charge in [-0.05, 0) is 39.0 Å². The number of nitrogens with zero attached hydrogens (tertiary/aromatic N) is 2. The van der Waals surface area contributed by atoms with E-state index in [4.69, 9.17) is 27.9 Å². The summed E-state index contributed by atoms with van der Waals surface area (Å²) in [7, 11) is -3.63. The van der Waals surface area contributed by atoms with Crippen LogP contribution in [-0.4, -0.2) is 61.9 Å². The molecule has 0 bridgehead atoms. The van der Waals surface area contributed by atoms with Crippen molar-refractivity contribution in [3.05, 3.63) is 28.2 Å². The summed E-state index contributed by atoms with van der Waals surface area (Å²) in [5.41, 5.74) is -0.532. The minimum absolute atomic E-state index is 0.113. The van der Waals surface area contributed by atoms with Crippen LogP contribution in [0.4, 0.5) is 0 Å². The SMILES string of the molecule is CC(C)(C)OC(=O)CN1CCN(S(=O)(=O)c2ccc(Cl)c(Cl)c2)CC1. The molecule has 0 amide bonds. The molecule has 9 heteroatoms. The van der Waals surface area contributed by atoms with E-state index < -0.39 is 15.6 Å². The van der Waals surface area contributed by atoms with Crippen LogP contribution in [-0.2, 0) is 19.6 Å². The molecule has 2 rings (SSSR count). The summed E-state index contributed by atoms with van der Waals surface area (Å²) >= 11 is 11.8. The second kappa shape index (κ2) is 7.80. The molecule has 0 radical (unpaired) electrons. The van der Waals surface area contributed by atoms with Crippen LogP contribution in [0.15, 0.2) is 23.1 Å². The Labute approximate surface area is 158 Å². The lowest BCUT2D eigenvalue weighted by molar-refractivity contribution is -0.156. The molecule has 0 saturated carbocycles. The molecule has 1 aromatic rings. The topological polar surface area (TPSA) is 66.9 Å². The predicted molar refractivity (Wildman–Crippen MR) is 97.5 cm³/mol. The fourth-order valence-corrected chi connectivity index (χ4v) is 4.28. The first kappa shape index (κ1) is 20.5. The summed E-state index contributed by atoms with van der Waals surface area (Å²) in [5, 5.41) is 0.508. The molecular weight excluding hydrogens is 387 g/mol. The van der Waals surface area contributed by atoms with Crippen molar-refractivity contribution in [1.82, 2.24) is 9.21 Å². The average molecular weight is 409 g/mol. The Hall–Kier alpha value is -0.860. The maximum atomic E-state index is 12.7. The number of hydrogen-bond donors (Lipinski definition) is 0. The van der Waals surface area contributed by atoms with Crippen LogP contribution in [0.5, 0.6) is 0 Å². The number of esters is 1. The summed E-state index contributed by atoms with van der Waals surface area (Å²) in [6.07, 6.45) is 0. The second-order valence-electron chi connectivity index (χ2n) is 6.84. The van der Waals surface area contributed by atoms with Gasteiger partial charge in [-0.1, -0.05) is 23.2 Å². The van der Waals surface area contributed by atoms with E-state index in [1.165, 1.54) is 22.5 Å². The Morgan fingerprint density at radius 2 is 1.72 bits per heavy atom. The third-order valence-electron chi connectivity index (χ3n) is 3.63. The summed E-state index contributed by atoms with van der Waals surface area (Å²) in [4.78, 5) is 13.9. The van der Waals surface area contributed by atoms with E-state index in [0.29, 0.717) is 31.2 Å². The van der Waals surface area contributed by atoms with Gasteiger partial charge in [-0.15, -0.1) is 0 Å². The number of ether oxygens (including phenoxy) is 1. The van der Waals surface area contributed by atoms with Gasteiger partial charge in [0.05, 0.1) is 21.5 Å². The smallest absolute Gasteiger partial charge is 0.320 e. The monoisotopic (exact) mass is 408 g/mol. The Bertz CT molecular complexity index is 739. The van der Waals surface area contributed by atoms with Crippen molar-refractivity contribution in [1.29, 1.82) is 0 Å². The maximum absolute atomic E-state index is 12.7. The zero-order chi connectivity index (χ0) is 18.8. The Morgan fingerprint density at radius 3 is 2.24 bits per heavy atom. The lowest BCUT2D eigenvalue weighted by Gasteiger charge is -2.33. The number of rotatable bonds is 4. The molecule has 25 heavy (non-hydrogen) atoms.